The predicted molar refractivity (Wildman–Crippen MR) is 99.8 cm³/mol. The van der Waals surface area contributed by atoms with E-state index in [9.17, 15) is 4.79 Å². The van der Waals surface area contributed by atoms with Gasteiger partial charge in [0, 0.05) is 37.5 Å². The molecule has 0 aromatic carbocycles. The van der Waals surface area contributed by atoms with Gasteiger partial charge in [0.2, 0.25) is 5.91 Å². The molecule has 0 radical (unpaired) electrons. The molecule has 6 heteroatoms. The van der Waals surface area contributed by atoms with Crippen LogP contribution in [0.3, 0.4) is 0 Å². The van der Waals surface area contributed by atoms with Crippen LogP contribution in [0, 0.1) is 0 Å². The summed E-state index contributed by atoms with van der Waals surface area (Å²) in [5.41, 5.74) is 0.772. The molecule has 24 heavy (non-hydrogen) atoms. The van der Waals surface area contributed by atoms with Crippen molar-refractivity contribution in [1.29, 1.82) is 0 Å². The SMILES string of the molecule is CN1CCN(c2ccc(NC(=O)CCCc3cccs3)cn2)CC1. The molecule has 0 atom stereocenters. The number of nitrogens with zero attached hydrogens (tertiary/aromatic N) is 3. The summed E-state index contributed by atoms with van der Waals surface area (Å²) in [6.45, 7) is 4.12. The first-order valence-corrected chi connectivity index (χ1v) is 9.30. The van der Waals surface area contributed by atoms with E-state index in [1.165, 1.54) is 4.88 Å². The number of nitrogens with one attached hydrogen (secondary N) is 1. The number of amides is 1. The van der Waals surface area contributed by atoms with E-state index < -0.39 is 0 Å². The summed E-state index contributed by atoms with van der Waals surface area (Å²) < 4.78 is 0. The van der Waals surface area contributed by atoms with Crippen LogP contribution in [0.15, 0.2) is 35.8 Å². The van der Waals surface area contributed by atoms with Crippen LogP contribution in [0.1, 0.15) is 17.7 Å². The Morgan fingerprint density at radius 3 is 2.75 bits per heavy atom. The Kier molecular flexibility index (Phi) is 5.82. The molecule has 0 saturated carbocycles. The maximum Gasteiger partial charge on any atom is 0.224 e. The van der Waals surface area contributed by atoms with Gasteiger partial charge < -0.3 is 15.1 Å². The third-order valence-corrected chi connectivity index (χ3v) is 5.20. The summed E-state index contributed by atoms with van der Waals surface area (Å²) in [5.74, 6) is 1.04. The van der Waals surface area contributed by atoms with Gasteiger partial charge in [0.05, 0.1) is 11.9 Å². The minimum absolute atomic E-state index is 0.0562. The summed E-state index contributed by atoms with van der Waals surface area (Å²) in [5, 5.41) is 5.01. The Hall–Kier alpha value is -1.92. The lowest BCUT2D eigenvalue weighted by atomic mass is 10.2. The van der Waals surface area contributed by atoms with Gasteiger partial charge in [0.25, 0.3) is 0 Å². The zero-order valence-corrected chi connectivity index (χ0v) is 14.9. The maximum absolute atomic E-state index is 12.0. The zero-order chi connectivity index (χ0) is 16.8. The molecule has 1 fully saturated rings. The summed E-state index contributed by atoms with van der Waals surface area (Å²) in [6, 6.07) is 8.10. The van der Waals surface area contributed by atoms with Crippen molar-refractivity contribution in [2.45, 2.75) is 19.3 Å². The number of aryl methyl sites for hydroxylation is 1. The number of rotatable bonds is 6. The molecule has 2 aromatic rings. The fraction of sp³-hybridized carbons (Fsp3) is 0.444. The van der Waals surface area contributed by atoms with E-state index in [1.54, 1.807) is 17.5 Å². The van der Waals surface area contributed by atoms with Gasteiger partial charge in [-0.3, -0.25) is 4.79 Å². The molecule has 0 unspecified atom stereocenters. The highest BCUT2D eigenvalue weighted by atomic mass is 32.1. The molecular formula is C18H24N4OS. The van der Waals surface area contributed by atoms with Crippen LogP contribution in [0.5, 0.6) is 0 Å². The fourth-order valence-corrected chi connectivity index (χ4v) is 3.54. The molecule has 1 aliphatic rings. The molecule has 1 aliphatic heterocycles. The van der Waals surface area contributed by atoms with E-state index in [-0.39, 0.29) is 5.91 Å². The zero-order valence-electron chi connectivity index (χ0n) is 14.1. The van der Waals surface area contributed by atoms with Crippen molar-refractivity contribution in [3.8, 4) is 0 Å². The fourth-order valence-electron chi connectivity index (χ4n) is 2.78. The Morgan fingerprint density at radius 2 is 2.08 bits per heavy atom. The van der Waals surface area contributed by atoms with Crippen molar-refractivity contribution in [2.75, 3.05) is 43.4 Å². The third kappa shape index (κ3) is 4.79. The van der Waals surface area contributed by atoms with Crippen molar-refractivity contribution in [3.05, 3.63) is 40.7 Å². The topological polar surface area (TPSA) is 48.5 Å². The summed E-state index contributed by atoms with van der Waals surface area (Å²) in [7, 11) is 2.14. The van der Waals surface area contributed by atoms with Crippen LogP contribution >= 0.6 is 11.3 Å². The molecular weight excluding hydrogens is 320 g/mol. The number of thiophene rings is 1. The number of hydrogen-bond acceptors (Lipinski definition) is 5. The minimum atomic E-state index is 0.0562. The molecule has 5 nitrogen and oxygen atoms in total. The van der Waals surface area contributed by atoms with Crippen molar-refractivity contribution in [3.63, 3.8) is 0 Å². The van der Waals surface area contributed by atoms with Crippen LogP contribution in [0.4, 0.5) is 11.5 Å². The maximum atomic E-state index is 12.0. The second-order valence-corrected chi connectivity index (χ2v) is 7.21. The Balaban J connectivity index is 1.44. The van der Waals surface area contributed by atoms with E-state index in [2.05, 4.69) is 38.6 Å². The van der Waals surface area contributed by atoms with Crippen LogP contribution in [0.25, 0.3) is 0 Å². The normalized spacial score (nSPS) is 15.5. The van der Waals surface area contributed by atoms with E-state index in [0.29, 0.717) is 6.42 Å². The molecule has 3 rings (SSSR count). The number of carbonyl (C=O) groups is 1. The van der Waals surface area contributed by atoms with Gasteiger partial charge in [-0.05, 0) is 43.5 Å². The second-order valence-electron chi connectivity index (χ2n) is 6.18. The monoisotopic (exact) mass is 344 g/mol. The largest absolute Gasteiger partial charge is 0.354 e. The number of anilines is 2. The lowest BCUT2D eigenvalue weighted by molar-refractivity contribution is -0.116. The summed E-state index contributed by atoms with van der Waals surface area (Å²) >= 11 is 1.74. The van der Waals surface area contributed by atoms with Gasteiger partial charge in [0.15, 0.2) is 0 Å². The first-order chi connectivity index (χ1) is 11.7. The molecule has 1 amide bonds. The summed E-state index contributed by atoms with van der Waals surface area (Å²) in [6.07, 6.45) is 4.13. The van der Waals surface area contributed by atoms with Crippen molar-refractivity contribution < 1.29 is 4.79 Å². The number of likely N-dealkylation sites (N-methyl/N-ethyl adjacent to an activating group) is 1. The predicted octanol–water partition coefficient (Wildman–Crippen LogP) is 2.86. The summed E-state index contributed by atoms with van der Waals surface area (Å²) in [4.78, 5) is 22.4. The van der Waals surface area contributed by atoms with Gasteiger partial charge in [-0.25, -0.2) is 4.98 Å². The van der Waals surface area contributed by atoms with Crippen molar-refractivity contribution in [1.82, 2.24) is 9.88 Å². The first kappa shape index (κ1) is 16.9. The Labute approximate surface area is 147 Å². The average molecular weight is 344 g/mol. The van der Waals surface area contributed by atoms with Gasteiger partial charge in [-0.15, -0.1) is 11.3 Å². The minimum Gasteiger partial charge on any atom is -0.354 e. The first-order valence-electron chi connectivity index (χ1n) is 8.42. The van der Waals surface area contributed by atoms with Crippen molar-refractivity contribution in [2.24, 2.45) is 0 Å². The van der Waals surface area contributed by atoms with Crippen LogP contribution < -0.4 is 10.2 Å². The number of pyridine rings is 1. The van der Waals surface area contributed by atoms with Gasteiger partial charge in [-0.1, -0.05) is 6.07 Å². The quantitative estimate of drug-likeness (QED) is 0.875. The number of hydrogen-bond donors (Lipinski definition) is 1. The molecule has 1 saturated heterocycles. The number of piperazine rings is 1. The third-order valence-electron chi connectivity index (χ3n) is 4.27. The smallest absolute Gasteiger partial charge is 0.224 e. The highest BCUT2D eigenvalue weighted by molar-refractivity contribution is 7.09. The van der Waals surface area contributed by atoms with E-state index in [4.69, 9.17) is 0 Å². The molecule has 0 bridgehead atoms. The standard InChI is InChI=1S/C18H24N4OS/c1-21-9-11-22(12-10-21)17-8-7-15(14-19-17)20-18(23)6-2-4-16-5-3-13-24-16/h3,5,7-8,13-14H,2,4,6,9-12H2,1H3,(H,20,23). The van der Waals surface area contributed by atoms with Crippen molar-refractivity contribution >= 4 is 28.7 Å². The number of aromatic nitrogens is 1. The van der Waals surface area contributed by atoms with Crippen LogP contribution in [0.2, 0.25) is 0 Å². The van der Waals surface area contributed by atoms with E-state index >= 15 is 0 Å². The Bertz CT molecular complexity index is 634. The molecule has 128 valence electrons. The lowest BCUT2D eigenvalue weighted by Gasteiger charge is -2.33. The molecule has 0 spiro atoms. The molecule has 2 aromatic heterocycles. The highest BCUT2D eigenvalue weighted by Gasteiger charge is 2.15. The Morgan fingerprint density at radius 1 is 1.25 bits per heavy atom. The number of carbonyl (C=O) groups excluding carboxylic acids is 1. The molecule has 1 N–H and O–H groups in total. The van der Waals surface area contributed by atoms with E-state index in [1.807, 2.05) is 18.2 Å². The average Bonchev–Trinajstić information content (AvgIpc) is 3.10. The highest BCUT2D eigenvalue weighted by Crippen LogP contribution is 2.16. The van der Waals surface area contributed by atoms with E-state index in [0.717, 1.165) is 50.5 Å². The van der Waals surface area contributed by atoms with Crippen LogP contribution in [-0.2, 0) is 11.2 Å². The lowest BCUT2D eigenvalue weighted by Crippen LogP contribution is -2.44. The van der Waals surface area contributed by atoms with Gasteiger partial charge >= 0.3 is 0 Å². The second kappa shape index (κ2) is 8.26. The molecule has 0 aliphatic carbocycles. The van der Waals surface area contributed by atoms with Crippen LogP contribution in [-0.4, -0.2) is 49.0 Å². The van der Waals surface area contributed by atoms with Gasteiger partial charge in [0.1, 0.15) is 5.82 Å². The van der Waals surface area contributed by atoms with Gasteiger partial charge in [-0.2, -0.15) is 0 Å². The molecule has 3 heterocycles.